The lowest BCUT2D eigenvalue weighted by Crippen LogP contribution is -2.00. The van der Waals surface area contributed by atoms with E-state index in [2.05, 4.69) is 40.9 Å². The molecule has 1 atom stereocenters. The average molecular weight is 164 g/mol. The van der Waals surface area contributed by atoms with Crippen LogP contribution < -0.4 is 5.30 Å². The summed E-state index contributed by atoms with van der Waals surface area (Å²) in [5.74, 6) is 0. The summed E-state index contributed by atoms with van der Waals surface area (Å²) >= 11 is 0. The molecule has 0 N–H and O–H groups in total. The van der Waals surface area contributed by atoms with Crippen LogP contribution in [0.2, 0.25) is 0 Å². The lowest BCUT2D eigenvalue weighted by molar-refractivity contribution is 1.44. The van der Waals surface area contributed by atoms with Gasteiger partial charge in [-0.25, -0.2) is 0 Å². The standard InChI is InChI=1S/C10H13P/c1-7(2)10-8(3)5-4-6-9(10)11/h4-6H,1,11H2,2-3H3. The fourth-order valence-electron chi connectivity index (χ4n) is 1.27. The van der Waals surface area contributed by atoms with Crippen molar-refractivity contribution >= 4 is 20.1 Å². The zero-order chi connectivity index (χ0) is 8.43. The minimum absolute atomic E-state index is 1.13. The molecule has 0 nitrogen and oxygen atoms in total. The Balaban J connectivity index is 3.32. The Morgan fingerprint density at radius 2 is 2.09 bits per heavy atom. The zero-order valence-electron chi connectivity index (χ0n) is 7.02. The van der Waals surface area contributed by atoms with Crippen molar-refractivity contribution in [2.45, 2.75) is 13.8 Å². The number of aryl methyl sites for hydroxylation is 1. The molecule has 0 spiro atoms. The first-order chi connectivity index (χ1) is 5.13. The largest absolute Gasteiger partial charge is 0.105 e. The predicted molar refractivity (Wildman–Crippen MR) is 55.2 cm³/mol. The molecule has 0 aliphatic rings. The number of hydrogen-bond donors (Lipinski definition) is 0. The number of rotatable bonds is 1. The molecular weight excluding hydrogens is 151 g/mol. The maximum Gasteiger partial charge on any atom is -0.0132 e. The van der Waals surface area contributed by atoms with Gasteiger partial charge < -0.3 is 0 Å². The highest BCUT2D eigenvalue weighted by Crippen LogP contribution is 2.15. The summed E-state index contributed by atoms with van der Waals surface area (Å²) in [5.41, 5.74) is 3.70. The smallest absolute Gasteiger partial charge is 0.0132 e. The molecule has 1 unspecified atom stereocenters. The van der Waals surface area contributed by atoms with E-state index in [1.807, 2.05) is 6.92 Å². The molecule has 0 radical (unpaired) electrons. The minimum Gasteiger partial charge on any atom is -0.105 e. The lowest BCUT2D eigenvalue weighted by atomic mass is 10.0. The second kappa shape index (κ2) is 3.19. The maximum atomic E-state index is 3.93. The maximum absolute atomic E-state index is 3.93. The van der Waals surface area contributed by atoms with Gasteiger partial charge in [-0.2, -0.15) is 0 Å². The lowest BCUT2D eigenvalue weighted by Gasteiger charge is -2.07. The van der Waals surface area contributed by atoms with Gasteiger partial charge in [0.1, 0.15) is 0 Å². The molecule has 1 aromatic carbocycles. The van der Waals surface area contributed by atoms with Crippen molar-refractivity contribution in [3.8, 4) is 0 Å². The molecule has 58 valence electrons. The molecule has 0 fully saturated rings. The van der Waals surface area contributed by atoms with Gasteiger partial charge in [-0.05, 0) is 30.3 Å². The van der Waals surface area contributed by atoms with Crippen LogP contribution in [0.1, 0.15) is 18.1 Å². The molecule has 11 heavy (non-hydrogen) atoms. The van der Waals surface area contributed by atoms with Gasteiger partial charge in [0.2, 0.25) is 0 Å². The number of benzene rings is 1. The molecule has 1 heteroatoms. The fourth-order valence-corrected chi connectivity index (χ4v) is 1.86. The van der Waals surface area contributed by atoms with Gasteiger partial charge in [-0.1, -0.05) is 30.4 Å². The van der Waals surface area contributed by atoms with Gasteiger partial charge in [0.15, 0.2) is 0 Å². The van der Waals surface area contributed by atoms with E-state index in [0.717, 1.165) is 5.57 Å². The highest BCUT2D eigenvalue weighted by Gasteiger charge is 2.00. The van der Waals surface area contributed by atoms with Crippen LogP contribution in [0.5, 0.6) is 0 Å². The van der Waals surface area contributed by atoms with Crippen LogP contribution in [0.15, 0.2) is 24.8 Å². The van der Waals surface area contributed by atoms with Gasteiger partial charge >= 0.3 is 0 Å². The minimum atomic E-state index is 1.13. The fraction of sp³-hybridized carbons (Fsp3) is 0.200. The Bertz CT molecular complexity index is 267. The van der Waals surface area contributed by atoms with E-state index >= 15 is 0 Å². The Hall–Kier alpha value is -0.610. The number of allylic oxidation sites excluding steroid dienone is 1. The van der Waals surface area contributed by atoms with E-state index in [-0.39, 0.29) is 0 Å². The third-order valence-corrected chi connectivity index (χ3v) is 2.21. The van der Waals surface area contributed by atoms with E-state index < -0.39 is 0 Å². The average Bonchev–Trinajstić information content (AvgIpc) is 1.85. The van der Waals surface area contributed by atoms with Crippen LogP contribution >= 0.6 is 9.24 Å². The van der Waals surface area contributed by atoms with Gasteiger partial charge in [0.25, 0.3) is 0 Å². The molecule has 1 aromatic rings. The first kappa shape index (κ1) is 8.49. The summed E-state index contributed by atoms with van der Waals surface area (Å²) in [6, 6.07) is 6.25. The first-order valence-corrected chi connectivity index (χ1v) is 4.21. The summed E-state index contributed by atoms with van der Waals surface area (Å²) in [5, 5.41) is 1.23. The van der Waals surface area contributed by atoms with Crippen molar-refractivity contribution in [2.24, 2.45) is 0 Å². The van der Waals surface area contributed by atoms with Crippen molar-refractivity contribution in [3.63, 3.8) is 0 Å². The first-order valence-electron chi connectivity index (χ1n) is 3.64. The Morgan fingerprint density at radius 1 is 1.45 bits per heavy atom. The number of hydrogen-bond acceptors (Lipinski definition) is 0. The Labute approximate surface area is 70.5 Å². The third kappa shape index (κ3) is 1.70. The van der Waals surface area contributed by atoms with Crippen molar-refractivity contribution in [2.75, 3.05) is 0 Å². The van der Waals surface area contributed by atoms with Crippen LogP contribution in [0.4, 0.5) is 0 Å². The van der Waals surface area contributed by atoms with E-state index in [0.29, 0.717) is 0 Å². The van der Waals surface area contributed by atoms with Crippen molar-refractivity contribution < 1.29 is 0 Å². The van der Waals surface area contributed by atoms with E-state index in [9.17, 15) is 0 Å². The monoisotopic (exact) mass is 164 g/mol. The summed E-state index contributed by atoms with van der Waals surface area (Å²) in [6.07, 6.45) is 0. The molecule has 0 amide bonds. The van der Waals surface area contributed by atoms with E-state index in [4.69, 9.17) is 0 Å². The normalized spacial score (nSPS) is 9.73. The molecule has 0 aliphatic heterocycles. The van der Waals surface area contributed by atoms with Crippen LogP contribution in [-0.2, 0) is 0 Å². The SMILES string of the molecule is C=C(C)c1c(C)cccc1P. The van der Waals surface area contributed by atoms with E-state index in [1.165, 1.54) is 16.4 Å². The highest BCUT2D eigenvalue weighted by molar-refractivity contribution is 7.27. The second-order valence-corrected chi connectivity index (χ2v) is 3.44. The molecule has 1 rings (SSSR count). The quantitative estimate of drug-likeness (QED) is 0.559. The predicted octanol–water partition coefficient (Wildman–Crippen LogP) is 2.53. The Kier molecular flexibility index (Phi) is 2.46. The topological polar surface area (TPSA) is 0 Å². The summed E-state index contributed by atoms with van der Waals surface area (Å²) in [6.45, 7) is 8.08. The zero-order valence-corrected chi connectivity index (χ0v) is 8.17. The van der Waals surface area contributed by atoms with Crippen molar-refractivity contribution in [1.29, 1.82) is 0 Å². The molecule has 0 aliphatic carbocycles. The third-order valence-electron chi connectivity index (χ3n) is 1.73. The summed E-state index contributed by atoms with van der Waals surface area (Å²) in [4.78, 5) is 0. The van der Waals surface area contributed by atoms with Gasteiger partial charge in [-0.15, -0.1) is 9.24 Å². The molecule has 0 saturated carbocycles. The van der Waals surface area contributed by atoms with Gasteiger partial charge in [0, 0.05) is 0 Å². The van der Waals surface area contributed by atoms with Crippen LogP contribution in [0, 0.1) is 6.92 Å². The van der Waals surface area contributed by atoms with Crippen molar-refractivity contribution in [3.05, 3.63) is 35.9 Å². The molecule has 0 saturated heterocycles. The second-order valence-electron chi connectivity index (χ2n) is 2.82. The summed E-state index contributed by atoms with van der Waals surface area (Å²) in [7, 11) is 2.73. The van der Waals surface area contributed by atoms with Crippen LogP contribution in [0.25, 0.3) is 5.57 Å². The van der Waals surface area contributed by atoms with Crippen LogP contribution in [-0.4, -0.2) is 0 Å². The molecule has 0 aromatic heterocycles. The molecule has 0 heterocycles. The Morgan fingerprint density at radius 3 is 2.45 bits per heavy atom. The summed E-state index contributed by atoms with van der Waals surface area (Å²) < 4.78 is 0. The van der Waals surface area contributed by atoms with E-state index in [1.54, 1.807) is 0 Å². The van der Waals surface area contributed by atoms with Gasteiger partial charge in [-0.3, -0.25) is 0 Å². The van der Waals surface area contributed by atoms with Gasteiger partial charge in [0.05, 0.1) is 0 Å². The highest BCUT2D eigenvalue weighted by atomic mass is 31.0. The van der Waals surface area contributed by atoms with Crippen molar-refractivity contribution in [1.82, 2.24) is 0 Å². The molecular formula is C10H13P. The van der Waals surface area contributed by atoms with Crippen LogP contribution in [0.3, 0.4) is 0 Å². The molecule has 0 bridgehead atoms.